The zero-order valence-electron chi connectivity index (χ0n) is 19.2. The Morgan fingerprint density at radius 1 is 0.812 bits per heavy atom. The van der Waals surface area contributed by atoms with Gasteiger partial charge in [-0.25, -0.2) is 4.79 Å². The van der Waals surface area contributed by atoms with E-state index in [4.69, 9.17) is 16.6 Å². The highest BCUT2D eigenvalue weighted by Gasteiger charge is 2.33. The molecule has 0 aliphatic heterocycles. The maximum Gasteiger partial charge on any atom is 0.328 e. The molecule has 6 unspecified atom stereocenters. The molecule has 12 heteroatoms. The summed E-state index contributed by atoms with van der Waals surface area (Å²) in [4.78, 5) is 49.0. The number of aliphatic hydroxyl groups is 2. The van der Waals surface area contributed by atoms with Gasteiger partial charge in [0, 0.05) is 0 Å². The number of carboxylic acid groups (broad SMARTS) is 1. The van der Waals surface area contributed by atoms with Gasteiger partial charge in [-0.3, -0.25) is 14.4 Å². The second-order valence-electron chi connectivity index (χ2n) is 8.37. The number of aliphatic hydroxyl groups excluding tert-OH is 2. The van der Waals surface area contributed by atoms with Gasteiger partial charge in [-0.2, -0.15) is 0 Å². The molecular formula is C20H39N5O7. The predicted octanol–water partition coefficient (Wildman–Crippen LogP) is -2.21. The molecule has 0 saturated carbocycles. The highest BCUT2D eigenvalue weighted by Crippen LogP contribution is 2.08. The molecule has 0 radical (unpaired) electrons. The Hall–Kier alpha value is -2.28. The summed E-state index contributed by atoms with van der Waals surface area (Å²) in [5, 5.41) is 35.8. The first-order valence-corrected chi connectivity index (χ1v) is 10.8. The van der Waals surface area contributed by atoms with Crippen LogP contribution in [0.4, 0.5) is 0 Å². The normalized spacial score (nSPS) is 16.9. The van der Waals surface area contributed by atoms with Crippen molar-refractivity contribution < 1.29 is 34.5 Å². The zero-order chi connectivity index (χ0) is 25.0. The summed E-state index contributed by atoms with van der Waals surface area (Å²) < 4.78 is 0. The summed E-state index contributed by atoms with van der Waals surface area (Å²) in [6, 6.07) is -4.99. The van der Waals surface area contributed by atoms with E-state index in [1.54, 1.807) is 13.8 Å². The molecule has 6 atom stereocenters. The number of aliphatic carboxylic acids is 1. The average Bonchev–Trinajstić information content (AvgIpc) is 2.67. The Labute approximate surface area is 188 Å². The average molecular weight is 462 g/mol. The number of carbonyl (C=O) groups excluding carboxylic acids is 3. The van der Waals surface area contributed by atoms with Crippen LogP contribution in [0.5, 0.6) is 0 Å². The van der Waals surface area contributed by atoms with Crippen LogP contribution in [-0.2, 0) is 19.2 Å². The predicted molar refractivity (Wildman–Crippen MR) is 117 cm³/mol. The van der Waals surface area contributed by atoms with Crippen LogP contribution in [0, 0.1) is 5.92 Å². The lowest BCUT2D eigenvalue weighted by Crippen LogP contribution is -2.60. The number of carbonyl (C=O) groups is 4. The van der Waals surface area contributed by atoms with Gasteiger partial charge < -0.3 is 42.7 Å². The largest absolute Gasteiger partial charge is 0.480 e. The van der Waals surface area contributed by atoms with E-state index in [-0.39, 0.29) is 12.3 Å². The van der Waals surface area contributed by atoms with Crippen molar-refractivity contribution in [3.8, 4) is 0 Å². The maximum absolute atomic E-state index is 12.8. The minimum atomic E-state index is -1.56. The van der Waals surface area contributed by atoms with Crippen LogP contribution in [0.3, 0.4) is 0 Å². The van der Waals surface area contributed by atoms with Gasteiger partial charge in [0.05, 0.1) is 18.2 Å². The lowest BCUT2D eigenvalue weighted by Gasteiger charge is -2.27. The monoisotopic (exact) mass is 461 g/mol. The number of nitrogens with two attached hydrogens (primary N) is 2. The Bertz CT molecular complexity index is 627. The van der Waals surface area contributed by atoms with Crippen LogP contribution >= 0.6 is 0 Å². The van der Waals surface area contributed by atoms with Crippen LogP contribution < -0.4 is 27.4 Å². The molecule has 3 amide bonds. The fourth-order valence-corrected chi connectivity index (χ4v) is 2.91. The van der Waals surface area contributed by atoms with Crippen molar-refractivity contribution in [2.24, 2.45) is 17.4 Å². The minimum absolute atomic E-state index is 0.0589. The molecule has 0 aromatic carbocycles. The van der Waals surface area contributed by atoms with Crippen molar-refractivity contribution in [1.29, 1.82) is 0 Å². The van der Waals surface area contributed by atoms with Crippen molar-refractivity contribution in [1.82, 2.24) is 16.0 Å². The van der Waals surface area contributed by atoms with Gasteiger partial charge in [0.2, 0.25) is 17.7 Å². The standard InChI is InChI=1S/C20H39N5O7/c1-10(2)9-14(18(29)25-16(12(4)27)20(31)32)23-19(30)15(11(3)26)24-17(28)13(22)7-5-6-8-21/h10-16,26-27H,5-9,21-22H2,1-4H3,(H,23,30)(H,24,28)(H,25,29)(H,31,32). The summed E-state index contributed by atoms with van der Waals surface area (Å²) >= 11 is 0. The number of nitrogens with one attached hydrogen (secondary N) is 3. The SMILES string of the molecule is CC(C)CC(NC(=O)C(NC(=O)C(N)CCCCN)C(C)O)C(=O)NC(C(=O)O)C(C)O. The van der Waals surface area contributed by atoms with E-state index in [1.807, 2.05) is 0 Å². The number of carboxylic acids is 1. The van der Waals surface area contributed by atoms with E-state index in [0.717, 1.165) is 0 Å². The third-order valence-corrected chi connectivity index (χ3v) is 4.75. The Morgan fingerprint density at radius 3 is 1.78 bits per heavy atom. The van der Waals surface area contributed by atoms with Crippen LogP contribution in [0.15, 0.2) is 0 Å². The number of amides is 3. The molecule has 0 fully saturated rings. The number of rotatable bonds is 15. The van der Waals surface area contributed by atoms with Gasteiger partial charge in [0.25, 0.3) is 0 Å². The molecule has 0 rings (SSSR count). The Balaban J connectivity index is 5.33. The van der Waals surface area contributed by atoms with E-state index < -0.39 is 60.1 Å². The summed E-state index contributed by atoms with van der Waals surface area (Å²) in [6.07, 6.45) is -0.827. The minimum Gasteiger partial charge on any atom is -0.480 e. The third-order valence-electron chi connectivity index (χ3n) is 4.75. The fourth-order valence-electron chi connectivity index (χ4n) is 2.91. The highest BCUT2D eigenvalue weighted by atomic mass is 16.4. The zero-order valence-corrected chi connectivity index (χ0v) is 19.2. The number of hydrogen-bond acceptors (Lipinski definition) is 8. The lowest BCUT2D eigenvalue weighted by molar-refractivity contribution is -0.145. The first-order chi connectivity index (χ1) is 14.8. The van der Waals surface area contributed by atoms with Crippen LogP contribution in [0.2, 0.25) is 0 Å². The molecule has 0 saturated heterocycles. The summed E-state index contributed by atoms with van der Waals surface area (Å²) in [5.74, 6) is -3.76. The van der Waals surface area contributed by atoms with E-state index in [2.05, 4.69) is 16.0 Å². The fraction of sp³-hybridized carbons (Fsp3) is 0.800. The first kappa shape index (κ1) is 29.7. The molecule has 12 nitrogen and oxygen atoms in total. The third kappa shape index (κ3) is 10.8. The van der Waals surface area contributed by atoms with Crippen molar-refractivity contribution >= 4 is 23.7 Å². The smallest absolute Gasteiger partial charge is 0.328 e. The molecule has 0 bridgehead atoms. The summed E-state index contributed by atoms with van der Waals surface area (Å²) in [5.41, 5.74) is 11.2. The molecular weight excluding hydrogens is 422 g/mol. The molecule has 0 aromatic rings. The van der Waals surface area contributed by atoms with Gasteiger partial charge >= 0.3 is 5.97 Å². The maximum atomic E-state index is 12.8. The molecule has 186 valence electrons. The van der Waals surface area contributed by atoms with Crippen molar-refractivity contribution in [3.63, 3.8) is 0 Å². The van der Waals surface area contributed by atoms with E-state index in [1.165, 1.54) is 13.8 Å². The van der Waals surface area contributed by atoms with Gasteiger partial charge in [0.1, 0.15) is 12.1 Å². The first-order valence-electron chi connectivity index (χ1n) is 10.8. The van der Waals surface area contributed by atoms with Gasteiger partial charge in [-0.15, -0.1) is 0 Å². The van der Waals surface area contributed by atoms with Gasteiger partial charge in [-0.05, 0) is 45.6 Å². The number of unbranched alkanes of at least 4 members (excludes halogenated alkanes) is 1. The van der Waals surface area contributed by atoms with Crippen LogP contribution in [0.25, 0.3) is 0 Å². The lowest BCUT2D eigenvalue weighted by atomic mass is 10.0. The van der Waals surface area contributed by atoms with Gasteiger partial charge in [0.15, 0.2) is 6.04 Å². The van der Waals surface area contributed by atoms with E-state index in [0.29, 0.717) is 25.8 Å². The summed E-state index contributed by atoms with van der Waals surface area (Å²) in [7, 11) is 0. The molecule has 0 aromatic heterocycles. The van der Waals surface area contributed by atoms with E-state index >= 15 is 0 Å². The Morgan fingerprint density at radius 2 is 1.34 bits per heavy atom. The molecule has 32 heavy (non-hydrogen) atoms. The van der Waals surface area contributed by atoms with Crippen molar-refractivity contribution in [2.75, 3.05) is 6.54 Å². The summed E-state index contributed by atoms with van der Waals surface area (Å²) in [6.45, 7) is 6.57. The van der Waals surface area contributed by atoms with Crippen molar-refractivity contribution in [2.45, 2.75) is 89.8 Å². The molecule has 10 N–H and O–H groups in total. The second kappa shape index (κ2) is 14.7. The quantitative estimate of drug-likeness (QED) is 0.124. The topological polar surface area (TPSA) is 217 Å². The number of hydrogen-bond donors (Lipinski definition) is 8. The highest BCUT2D eigenvalue weighted by molar-refractivity contribution is 5.94. The van der Waals surface area contributed by atoms with Crippen LogP contribution in [-0.4, -0.2) is 81.9 Å². The van der Waals surface area contributed by atoms with Gasteiger partial charge in [-0.1, -0.05) is 20.3 Å². The molecule has 0 aliphatic rings. The second-order valence-corrected chi connectivity index (χ2v) is 8.37. The Kier molecular flexibility index (Phi) is 13.7. The van der Waals surface area contributed by atoms with E-state index in [9.17, 15) is 29.4 Å². The molecule has 0 spiro atoms. The van der Waals surface area contributed by atoms with Crippen molar-refractivity contribution in [3.05, 3.63) is 0 Å². The molecule has 0 heterocycles. The van der Waals surface area contributed by atoms with Crippen LogP contribution in [0.1, 0.15) is 53.4 Å². The molecule has 0 aliphatic carbocycles.